The van der Waals surface area contributed by atoms with E-state index in [0.717, 1.165) is 6.54 Å². The second-order valence-corrected chi connectivity index (χ2v) is 4.69. The van der Waals surface area contributed by atoms with Crippen LogP contribution in [0.3, 0.4) is 0 Å². The minimum atomic E-state index is 0.513. The summed E-state index contributed by atoms with van der Waals surface area (Å²) in [5.74, 6) is 0. The summed E-state index contributed by atoms with van der Waals surface area (Å²) in [7, 11) is 2.05. The Bertz CT molecular complexity index is 252. The van der Waals surface area contributed by atoms with Crippen molar-refractivity contribution in [2.45, 2.75) is 18.9 Å². The van der Waals surface area contributed by atoms with Gasteiger partial charge in [-0.2, -0.15) is 11.3 Å². The van der Waals surface area contributed by atoms with Crippen molar-refractivity contribution in [1.29, 1.82) is 0 Å². The number of likely N-dealkylation sites (N-methyl/N-ethyl adjacent to an activating group) is 1. The van der Waals surface area contributed by atoms with Gasteiger partial charge < -0.3 is 10.2 Å². The first-order chi connectivity index (χ1) is 6.90. The molecule has 0 spiro atoms. The van der Waals surface area contributed by atoms with Crippen molar-refractivity contribution in [2.75, 3.05) is 26.7 Å². The van der Waals surface area contributed by atoms with Crippen molar-refractivity contribution in [3.05, 3.63) is 22.4 Å². The summed E-state index contributed by atoms with van der Waals surface area (Å²) in [6, 6.07) is 2.74. The van der Waals surface area contributed by atoms with E-state index in [4.69, 9.17) is 0 Å². The highest BCUT2D eigenvalue weighted by molar-refractivity contribution is 7.07. The van der Waals surface area contributed by atoms with Gasteiger partial charge in [-0.1, -0.05) is 0 Å². The maximum Gasteiger partial charge on any atom is 0.0455 e. The van der Waals surface area contributed by atoms with E-state index in [1.54, 1.807) is 11.3 Å². The maximum absolute atomic E-state index is 3.40. The van der Waals surface area contributed by atoms with Gasteiger partial charge in [0.1, 0.15) is 0 Å². The molecule has 0 bridgehead atoms. The molecule has 2 rings (SSSR count). The number of hydrogen-bond acceptors (Lipinski definition) is 3. The molecule has 1 aromatic rings. The summed E-state index contributed by atoms with van der Waals surface area (Å²) in [6.07, 6.45) is 2.75. The molecule has 0 saturated carbocycles. The van der Waals surface area contributed by atoms with Gasteiger partial charge >= 0.3 is 0 Å². The summed E-state index contributed by atoms with van der Waals surface area (Å²) in [5, 5.41) is 7.80. The molecule has 1 unspecified atom stereocenters. The Hall–Kier alpha value is -0.380. The monoisotopic (exact) mass is 210 g/mol. The van der Waals surface area contributed by atoms with Crippen LogP contribution in [-0.4, -0.2) is 31.6 Å². The summed E-state index contributed by atoms with van der Waals surface area (Å²) in [5.41, 5.74) is 1.43. The number of nitrogens with zero attached hydrogens (tertiary/aromatic N) is 1. The van der Waals surface area contributed by atoms with Gasteiger partial charge in [-0.3, -0.25) is 0 Å². The maximum atomic E-state index is 3.40. The molecule has 1 atom stereocenters. The highest BCUT2D eigenvalue weighted by Crippen LogP contribution is 2.19. The minimum Gasteiger partial charge on any atom is -0.312 e. The molecule has 0 aromatic carbocycles. The van der Waals surface area contributed by atoms with Gasteiger partial charge in [0, 0.05) is 12.6 Å². The molecule has 3 heteroatoms. The molecule has 1 aliphatic heterocycles. The molecule has 1 N–H and O–H groups in total. The smallest absolute Gasteiger partial charge is 0.0455 e. The van der Waals surface area contributed by atoms with E-state index in [1.807, 2.05) is 0 Å². The molecule has 0 radical (unpaired) electrons. The third-order valence-electron chi connectivity index (χ3n) is 2.93. The van der Waals surface area contributed by atoms with Crippen molar-refractivity contribution in [2.24, 2.45) is 0 Å². The van der Waals surface area contributed by atoms with Gasteiger partial charge in [0.2, 0.25) is 0 Å². The van der Waals surface area contributed by atoms with Crippen molar-refractivity contribution in [3.8, 4) is 0 Å². The van der Waals surface area contributed by atoms with E-state index in [-0.39, 0.29) is 0 Å². The number of rotatable bonds is 4. The van der Waals surface area contributed by atoms with Crippen LogP contribution >= 0.6 is 11.3 Å². The van der Waals surface area contributed by atoms with Crippen LogP contribution in [-0.2, 0) is 0 Å². The Labute approximate surface area is 89.9 Å². The van der Waals surface area contributed by atoms with Crippen molar-refractivity contribution in [1.82, 2.24) is 10.2 Å². The van der Waals surface area contributed by atoms with E-state index in [9.17, 15) is 0 Å². The number of nitrogens with one attached hydrogen (secondary N) is 1. The lowest BCUT2D eigenvalue weighted by Crippen LogP contribution is -2.31. The lowest BCUT2D eigenvalue weighted by Gasteiger charge is -2.22. The summed E-state index contributed by atoms with van der Waals surface area (Å²) in [6.45, 7) is 3.72. The molecule has 1 aliphatic rings. The first kappa shape index (κ1) is 10.1. The van der Waals surface area contributed by atoms with E-state index in [0.29, 0.717) is 6.04 Å². The molecule has 2 nitrogen and oxygen atoms in total. The Morgan fingerprint density at radius 1 is 1.50 bits per heavy atom. The molecule has 1 saturated heterocycles. The average molecular weight is 210 g/mol. The fraction of sp³-hybridized carbons (Fsp3) is 0.636. The van der Waals surface area contributed by atoms with Crippen LogP contribution in [0.2, 0.25) is 0 Å². The van der Waals surface area contributed by atoms with Gasteiger partial charge in [-0.15, -0.1) is 0 Å². The normalized spacial score (nSPS) is 20.1. The first-order valence-corrected chi connectivity index (χ1v) is 6.26. The van der Waals surface area contributed by atoms with Crippen molar-refractivity contribution >= 4 is 11.3 Å². The van der Waals surface area contributed by atoms with Crippen LogP contribution in [0.1, 0.15) is 24.4 Å². The number of thiophene rings is 1. The second-order valence-electron chi connectivity index (χ2n) is 3.91. The summed E-state index contributed by atoms with van der Waals surface area (Å²) < 4.78 is 0. The van der Waals surface area contributed by atoms with E-state index >= 15 is 0 Å². The number of likely N-dealkylation sites (tertiary alicyclic amines) is 1. The zero-order chi connectivity index (χ0) is 9.80. The lowest BCUT2D eigenvalue weighted by molar-refractivity contribution is 0.299. The van der Waals surface area contributed by atoms with Crippen LogP contribution < -0.4 is 5.32 Å². The molecule has 78 valence electrons. The van der Waals surface area contributed by atoms with E-state index < -0.39 is 0 Å². The molecule has 1 fully saturated rings. The molecule has 2 heterocycles. The highest BCUT2D eigenvalue weighted by Gasteiger charge is 2.17. The lowest BCUT2D eigenvalue weighted by atomic mass is 10.1. The van der Waals surface area contributed by atoms with Gasteiger partial charge in [0.05, 0.1) is 0 Å². The fourth-order valence-electron chi connectivity index (χ4n) is 2.06. The average Bonchev–Trinajstić information content (AvgIpc) is 2.86. The molecule has 1 aromatic heterocycles. The van der Waals surface area contributed by atoms with E-state index in [1.165, 1.54) is 31.5 Å². The van der Waals surface area contributed by atoms with Crippen LogP contribution in [0.5, 0.6) is 0 Å². The minimum absolute atomic E-state index is 0.513. The third-order valence-corrected chi connectivity index (χ3v) is 3.63. The molecule has 0 amide bonds. The second kappa shape index (κ2) is 4.91. The zero-order valence-electron chi connectivity index (χ0n) is 8.70. The fourth-order valence-corrected chi connectivity index (χ4v) is 2.77. The van der Waals surface area contributed by atoms with Crippen LogP contribution in [0, 0.1) is 0 Å². The number of hydrogen-bond donors (Lipinski definition) is 1. The van der Waals surface area contributed by atoms with Gasteiger partial charge in [-0.05, 0) is 55.4 Å². The van der Waals surface area contributed by atoms with Gasteiger partial charge in [-0.25, -0.2) is 0 Å². The van der Waals surface area contributed by atoms with Gasteiger partial charge in [0.15, 0.2) is 0 Å². The zero-order valence-corrected chi connectivity index (χ0v) is 9.52. The van der Waals surface area contributed by atoms with Gasteiger partial charge in [0.25, 0.3) is 0 Å². The third kappa shape index (κ3) is 2.35. The SMILES string of the molecule is CNC(CN1CCCC1)c1ccsc1. The molecular formula is C11H18N2S. The Balaban J connectivity index is 1.93. The molecule has 14 heavy (non-hydrogen) atoms. The summed E-state index contributed by atoms with van der Waals surface area (Å²) in [4.78, 5) is 2.55. The van der Waals surface area contributed by atoms with Crippen LogP contribution in [0.15, 0.2) is 16.8 Å². The topological polar surface area (TPSA) is 15.3 Å². The van der Waals surface area contributed by atoms with Crippen LogP contribution in [0.4, 0.5) is 0 Å². The Morgan fingerprint density at radius 2 is 2.29 bits per heavy atom. The standard InChI is InChI=1S/C11H18N2S/c1-12-11(10-4-7-14-9-10)8-13-5-2-3-6-13/h4,7,9,11-12H,2-3,5-6,8H2,1H3. The van der Waals surface area contributed by atoms with E-state index in [2.05, 4.69) is 34.1 Å². The summed E-state index contributed by atoms with van der Waals surface area (Å²) >= 11 is 1.78. The molecule has 0 aliphatic carbocycles. The van der Waals surface area contributed by atoms with Crippen LogP contribution in [0.25, 0.3) is 0 Å². The van der Waals surface area contributed by atoms with Crippen molar-refractivity contribution < 1.29 is 0 Å². The predicted octanol–water partition coefficient (Wildman–Crippen LogP) is 2.10. The van der Waals surface area contributed by atoms with Crippen molar-refractivity contribution in [3.63, 3.8) is 0 Å². The predicted molar refractivity (Wildman–Crippen MR) is 61.8 cm³/mol. The Kier molecular flexibility index (Phi) is 3.56. The Morgan fingerprint density at radius 3 is 2.86 bits per heavy atom. The molecular weight excluding hydrogens is 192 g/mol. The quantitative estimate of drug-likeness (QED) is 0.819. The first-order valence-electron chi connectivity index (χ1n) is 5.32. The highest BCUT2D eigenvalue weighted by atomic mass is 32.1. The largest absolute Gasteiger partial charge is 0.312 e.